The van der Waals surface area contributed by atoms with E-state index >= 15 is 0 Å². The van der Waals surface area contributed by atoms with Crippen molar-refractivity contribution in [2.45, 2.75) is 53.1 Å². The fourth-order valence-corrected chi connectivity index (χ4v) is 3.82. The van der Waals surface area contributed by atoms with Gasteiger partial charge >= 0.3 is 6.03 Å². The summed E-state index contributed by atoms with van der Waals surface area (Å²) in [6, 6.07) is 13.9. The number of rotatable bonds is 12. The van der Waals surface area contributed by atoms with E-state index < -0.39 is 0 Å². The monoisotopic (exact) mass is 429 g/mol. The van der Waals surface area contributed by atoms with Crippen LogP contribution in [-0.2, 0) is 17.9 Å². The lowest BCUT2D eigenvalue weighted by atomic mass is 10.1. The van der Waals surface area contributed by atoms with Crippen LogP contribution >= 0.6 is 11.3 Å². The Morgan fingerprint density at radius 1 is 1.03 bits per heavy atom. The molecular formula is C24H35N3O2S. The molecule has 6 heteroatoms. The minimum atomic E-state index is -0.145. The van der Waals surface area contributed by atoms with Gasteiger partial charge < -0.3 is 15.1 Å². The molecule has 0 saturated heterocycles. The summed E-state index contributed by atoms with van der Waals surface area (Å²) in [6.07, 6.45) is 2.93. The van der Waals surface area contributed by atoms with Gasteiger partial charge in [-0.1, -0.05) is 70.0 Å². The van der Waals surface area contributed by atoms with E-state index in [0.717, 1.165) is 29.7 Å². The van der Waals surface area contributed by atoms with Gasteiger partial charge in [-0.15, -0.1) is 11.3 Å². The van der Waals surface area contributed by atoms with Crippen molar-refractivity contribution in [2.24, 2.45) is 5.92 Å². The topological polar surface area (TPSA) is 52.7 Å². The molecule has 1 aromatic heterocycles. The van der Waals surface area contributed by atoms with Crippen LogP contribution in [0.25, 0.3) is 0 Å². The second kappa shape index (κ2) is 13.1. The van der Waals surface area contributed by atoms with Gasteiger partial charge in [-0.05, 0) is 29.3 Å². The summed E-state index contributed by atoms with van der Waals surface area (Å²) < 4.78 is 0. The SMILES string of the molecule is CCCCNC(=O)N(CC(=O)N(Cc1ccccc1)Cc1cccs1)C[C@@H](C)CC. The molecule has 30 heavy (non-hydrogen) atoms. The van der Waals surface area contributed by atoms with E-state index in [1.165, 1.54) is 0 Å². The van der Waals surface area contributed by atoms with Crippen molar-refractivity contribution in [1.82, 2.24) is 15.1 Å². The molecule has 164 valence electrons. The Balaban J connectivity index is 2.11. The number of carbonyl (C=O) groups excluding carboxylic acids is 2. The normalized spacial score (nSPS) is 11.7. The molecule has 0 fully saturated rings. The van der Waals surface area contributed by atoms with Crippen LogP contribution in [0.4, 0.5) is 4.79 Å². The summed E-state index contributed by atoms with van der Waals surface area (Å²) in [7, 11) is 0. The first-order valence-corrected chi connectivity index (χ1v) is 11.8. The highest BCUT2D eigenvalue weighted by Crippen LogP contribution is 2.16. The van der Waals surface area contributed by atoms with E-state index in [9.17, 15) is 9.59 Å². The van der Waals surface area contributed by atoms with Crippen molar-refractivity contribution in [3.05, 3.63) is 58.3 Å². The summed E-state index contributed by atoms with van der Waals surface area (Å²) >= 11 is 1.65. The van der Waals surface area contributed by atoms with Crippen molar-refractivity contribution in [3.8, 4) is 0 Å². The quantitative estimate of drug-likeness (QED) is 0.475. The molecule has 0 saturated carbocycles. The summed E-state index contributed by atoms with van der Waals surface area (Å²) in [5.74, 6) is 0.316. The van der Waals surface area contributed by atoms with E-state index in [-0.39, 0.29) is 18.5 Å². The number of amides is 3. The molecule has 0 aliphatic rings. The molecule has 1 aromatic carbocycles. The van der Waals surface area contributed by atoms with Crippen molar-refractivity contribution in [2.75, 3.05) is 19.6 Å². The Morgan fingerprint density at radius 2 is 1.80 bits per heavy atom. The maximum absolute atomic E-state index is 13.3. The van der Waals surface area contributed by atoms with Gasteiger partial charge in [0.05, 0.1) is 6.54 Å². The van der Waals surface area contributed by atoms with Crippen molar-refractivity contribution >= 4 is 23.3 Å². The van der Waals surface area contributed by atoms with Crippen LogP contribution in [0.2, 0.25) is 0 Å². The Bertz CT molecular complexity index is 749. The first-order chi connectivity index (χ1) is 14.5. The molecular weight excluding hydrogens is 394 g/mol. The zero-order valence-electron chi connectivity index (χ0n) is 18.5. The van der Waals surface area contributed by atoms with Gasteiger partial charge in [-0.25, -0.2) is 4.79 Å². The summed E-state index contributed by atoms with van der Waals surface area (Å²) in [5, 5.41) is 5.00. The highest BCUT2D eigenvalue weighted by atomic mass is 32.1. The van der Waals surface area contributed by atoms with Gasteiger partial charge in [0.2, 0.25) is 5.91 Å². The molecule has 1 atom stereocenters. The number of hydrogen-bond acceptors (Lipinski definition) is 3. The lowest BCUT2D eigenvalue weighted by Crippen LogP contribution is -2.48. The standard InChI is InChI=1S/C24H35N3O2S/c1-4-6-14-25-24(29)27(16-20(3)5-2)19-23(28)26(18-22-13-10-15-30-22)17-21-11-8-7-9-12-21/h7-13,15,20H,4-6,14,16-19H2,1-3H3,(H,25,29)/t20-/m0/s1. The molecule has 0 aliphatic carbocycles. The van der Waals surface area contributed by atoms with E-state index in [2.05, 4.69) is 26.1 Å². The predicted octanol–water partition coefficient (Wildman–Crippen LogP) is 5.13. The smallest absolute Gasteiger partial charge is 0.317 e. The lowest BCUT2D eigenvalue weighted by molar-refractivity contribution is -0.133. The van der Waals surface area contributed by atoms with Crippen LogP contribution in [-0.4, -0.2) is 41.4 Å². The molecule has 0 spiro atoms. The third-order valence-electron chi connectivity index (χ3n) is 5.14. The van der Waals surface area contributed by atoms with Gasteiger partial charge in [-0.3, -0.25) is 4.79 Å². The number of carbonyl (C=O) groups is 2. The lowest BCUT2D eigenvalue weighted by Gasteiger charge is -2.29. The van der Waals surface area contributed by atoms with Crippen LogP contribution in [0.1, 0.15) is 50.5 Å². The van der Waals surface area contributed by atoms with Crippen LogP contribution in [0.15, 0.2) is 47.8 Å². The Hall–Kier alpha value is -2.34. The maximum atomic E-state index is 13.3. The molecule has 0 bridgehead atoms. The van der Waals surface area contributed by atoms with Crippen molar-refractivity contribution in [3.63, 3.8) is 0 Å². The first kappa shape index (κ1) is 23.9. The number of benzene rings is 1. The number of unbranched alkanes of at least 4 members (excludes halogenated alkanes) is 1. The molecule has 0 aliphatic heterocycles. The van der Waals surface area contributed by atoms with Crippen LogP contribution in [0, 0.1) is 5.92 Å². The molecule has 2 rings (SSSR count). The summed E-state index contributed by atoms with van der Waals surface area (Å²) in [5.41, 5.74) is 1.09. The first-order valence-electron chi connectivity index (χ1n) is 10.9. The van der Waals surface area contributed by atoms with E-state index in [1.807, 2.05) is 52.7 Å². The number of thiophene rings is 1. The Labute approximate surface area is 185 Å². The third-order valence-corrected chi connectivity index (χ3v) is 6.01. The van der Waals surface area contributed by atoms with Crippen molar-refractivity contribution < 1.29 is 9.59 Å². The average molecular weight is 430 g/mol. The fourth-order valence-electron chi connectivity index (χ4n) is 3.10. The molecule has 3 amide bonds. The second-order valence-corrected chi connectivity index (χ2v) is 8.83. The number of urea groups is 1. The van der Waals surface area contributed by atoms with E-state index in [1.54, 1.807) is 16.2 Å². The minimum Gasteiger partial charge on any atom is -0.338 e. The highest BCUT2D eigenvalue weighted by Gasteiger charge is 2.23. The maximum Gasteiger partial charge on any atom is 0.317 e. The van der Waals surface area contributed by atoms with Crippen LogP contribution < -0.4 is 5.32 Å². The molecule has 5 nitrogen and oxygen atoms in total. The molecule has 1 heterocycles. The zero-order valence-corrected chi connectivity index (χ0v) is 19.3. The number of nitrogens with one attached hydrogen (secondary N) is 1. The summed E-state index contributed by atoms with van der Waals surface area (Å²) in [6.45, 7) is 8.73. The van der Waals surface area contributed by atoms with E-state index in [0.29, 0.717) is 32.1 Å². The van der Waals surface area contributed by atoms with Gasteiger partial charge in [-0.2, -0.15) is 0 Å². The van der Waals surface area contributed by atoms with Gasteiger partial charge in [0.1, 0.15) is 6.54 Å². The van der Waals surface area contributed by atoms with Gasteiger partial charge in [0.15, 0.2) is 0 Å². The van der Waals surface area contributed by atoms with E-state index in [4.69, 9.17) is 0 Å². The molecule has 0 unspecified atom stereocenters. The van der Waals surface area contributed by atoms with Gasteiger partial charge in [0, 0.05) is 24.5 Å². The third kappa shape index (κ3) is 8.19. The average Bonchev–Trinajstić information content (AvgIpc) is 3.26. The number of nitrogens with zero attached hydrogens (tertiary/aromatic N) is 2. The van der Waals surface area contributed by atoms with Crippen LogP contribution in [0.3, 0.4) is 0 Å². The Morgan fingerprint density at radius 3 is 2.43 bits per heavy atom. The molecule has 2 aromatic rings. The molecule has 0 radical (unpaired) electrons. The fraction of sp³-hybridized carbons (Fsp3) is 0.500. The largest absolute Gasteiger partial charge is 0.338 e. The van der Waals surface area contributed by atoms with Crippen LogP contribution in [0.5, 0.6) is 0 Å². The summed E-state index contributed by atoms with van der Waals surface area (Å²) in [4.78, 5) is 30.7. The highest BCUT2D eigenvalue weighted by molar-refractivity contribution is 7.09. The predicted molar refractivity (Wildman–Crippen MR) is 124 cm³/mol. The van der Waals surface area contributed by atoms with Gasteiger partial charge in [0.25, 0.3) is 0 Å². The second-order valence-electron chi connectivity index (χ2n) is 7.79. The van der Waals surface area contributed by atoms with Crippen molar-refractivity contribution in [1.29, 1.82) is 0 Å². The zero-order chi connectivity index (χ0) is 21.8. The minimum absolute atomic E-state index is 0.0267. The Kier molecular flexibility index (Phi) is 10.4. The molecule has 1 N–H and O–H groups in total. The number of hydrogen-bond donors (Lipinski definition) is 1.